The van der Waals surface area contributed by atoms with E-state index in [9.17, 15) is 4.79 Å². The lowest BCUT2D eigenvalue weighted by atomic mass is 10.2. The number of carbonyl (C=O) groups is 1. The highest BCUT2D eigenvalue weighted by Crippen LogP contribution is 2.09. The zero-order chi connectivity index (χ0) is 11.4. The Kier molecular flexibility index (Phi) is 4.54. The first-order chi connectivity index (χ1) is 7.06. The van der Waals surface area contributed by atoms with Crippen LogP contribution in [0.1, 0.15) is 26.7 Å². The fourth-order valence-corrected chi connectivity index (χ4v) is 1.80. The van der Waals surface area contributed by atoms with Crippen molar-refractivity contribution in [2.45, 2.75) is 38.8 Å². The molecule has 0 aromatic rings. The number of carbonyl (C=O) groups excluding carboxylic acids is 1. The summed E-state index contributed by atoms with van der Waals surface area (Å²) in [7, 11) is 2.11. The van der Waals surface area contributed by atoms with Crippen molar-refractivity contribution in [3.05, 3.63) is 0 Å². The van der Waals surface area contributed by atoms with Crippen LogP contribution < -0.4 is 5.73 Å². The highest BCUT2D eigenvalue weighted by Gasteiger charge is 2.28. The maximum absolute atomic E-state index is 11.5. The van der Waals surface area contributed by atoms with Gasteiger partial charge in [0.15, 0.2) is 0 Å². The quantitative estimate of drug-likeness (QED) is 0.713. The van der Waals surface area contributed by atoms with Gasteiger partial charge in [0.05, 0.1) is 6.04 Å². The summed E-state index contributed by atoms with van der Waals surface area (Å²) < 4.78 is 0. The average Bonchev–Trinajstić information content (AvgIpc) is 2.55. The van der Waals surface area contributed by atoms with Crippen LogP contribution in [0.2, 0.25) is 0 Å². The minimum Gasteiger partial charge on any atom is -0.340 e. The molecule has 1 rings (SSSR count). The van der Waals surface area contributed by atoms with E-state index in [2.05, 4.69) is 25.8 Å². The summed E-state index contributed by atoms with van der Waals surface area (Å²) in [5, 5.41) is 0. The monoisotopic (exact) mass is 213 g/mol. The standard InChI is InChI=1S/C11H23N3O/c1-4-9(2)13(3)7-8-14-6-5-10(12)11(14)15/h9-10H,4-8,12H2,1-3H3. The second-order valence-electron chi connectivity index (χ2n) is 4.46. The molecule has 1 aliphatic heterocycles. The molecule has 2 atom stereocenters. The van der Waals surface area contributed by atoms with Crippen LogP contribution in [0.3, 0.4) is 0 Å². The summed E-state index contributed by atoms with van der Waals surface area (Å²) in [5.41, 5.74) is 5.66. The first-order valence-corrected chi connectivity index (χ1v) is 5.80. The van der Waals surface area contributed by atoms with Gasteiger partial charge in [-0.15, -0.1) is 0 Å². The van der Waals surface area contributed by atoms with Crippen molar-refractivity contribution in [2.75, 3.05) is 26.7 Å². The number of likely N-dealkylation sites (tertiary alicyclic amines) is 1. The zero-order valence-electron chi connectivity index (χ0n) is 10.1. The number of likely N-dealkylation sites (N-methyl/N-ethyl adjacent to an activating group) is 1. The SMILES string of the molecule is CCC(C)N(C)CCN1CCC(N)C1=O. The molecule has 1 fully saturated rings. The van der Waals surface area contributed by atoms with E-state index in [4.69, 9.17) is 5.73 Å². The Labute approximate surface area is 92.4 Å². The number of amides is 1. The van der Waals surface area contributed by atoms with Crippen LogP contribution in [0.5, 0.6) is 0 Å². The maximum Gasteiger partial charge on any atom is 0.239 e. The zero-order valence-corrected chi connectivity index (χ0v) is 10.1. The van der Waals surface area contributed by atoms with Gasteiger partial charge in [0.2, 0.25) is 5.91 Å². The van der Waals surface area contributed by atoms with E-state index in [-0.39, 0.29) is 11.9 Å². The van der Waals surface area contributed by atoms with Crippen LogP contribution in [0, 0.1) is 0 Å². The van der Waals surface area contributed by atoms with Crippen LogP contribution in [0.15, 0.2) is 0 Å². The molecule has 4 nitrogen and oxygen atoms in total. The number of hydrogen-bond acceptors (Lipinski definition) is 3. The molecular weight excluding hydrogens is 190 g/mol. The smallest absolute Gasteiger partial charge is 0.239 e. The summed E-state index contributed by atoms with van der Waals surface area (Å²) in [5.74, 6) is 0.118. The summed E-state index contributed by atoms with van der Waals surface area (Å²) in [4.78, 5) is 15.7. The molecule has 0 aromatic heterocycles. The first-order valence-electron chi connectivity index (χ1n) is 5.80. The molecule has 0 spiro atoms. The number of nitrogens with two attached hydrogens (primary N) is 1. The molecule has 0 bridgehead atoms. The molecule has 2 unspecified atom stereocenters. The van der Waals surface area contributed by atoms with Crippen molar-refractivity contribution in [2.24, 2.45) is 5.73 Å². The van der Waals surface area contributed by atoms with Gasteiger partial charge in [0.25, 0.3) is 0 Å². The molecule has 0 aromatic carbocycles. The van der Waals surface area contributed by atoms with Crippen LogP contribution in [0.25, 0.3) is 0 Å². The molecular formula is C11H23N3O. The van der Waals surface area contributed by atoms with E-state index in [0.29, 0.717) is 6.04 Å². The van der Waals surface area contributed by atoms with Crippen molar-refractivity contribution in [3.63, 3.8) is 0 Å². The lowest BCUT2D eigenvalue weighted by molar-refractivity contribution is -0.128. The third kappa shape index (κ3) is 3.18. The first kappa shape index (κ1) is 12.5. The summed E-state index contributed by atoms with van der Waals surface area (Å²) in [6, 6.07) is 0.329. The van der Waals surface area contributed by atoms with Gasteiger partial charge in [-0.2, -0.15) is 0 Å². The Morgan fingerprint density at radius 1 is 1.67 bits per heavy atom. The van der Waals surface area contributed by atoms with Crippen molar-refractivity contribution in [3.8, 4) is 0 Å². The van der Waals surface area contributed by atoms with Crippen molar-refractivity contribution < 1.29 is 4.79 Å². The predicted molar refractivity (Wildman–Crippen MR) is 61.6 cm³/mol. The van der Waals surface area contributed by atoms with E-state index in [1.54, 1.807) is 0 Å². The highest BCUT2D eigenvalue weighted by atomic mass is 16.2. The minimum absolute atomic E-state index is 0.118. The molecule has 15 heavy (non-hydrogen) atoms. The Morgan fingerprint density at radius 3 is 2.80 bits per heavy atom. The largest absolute Gasteiger partial charge is 0.340 e. The Hall–Kier alpha value is -0.610. The van der Waals surface area contributed by atoms with Crippen LogP contribution in [-0.2, 0) is 4.79 Å². The molecule has 0 saturated carbocycles. The number of hydrogen-bond donors (Lipinski definition) is 1. The van der Waals surface area contributed by atoms with Crippen LogP contribution in [0.4, 0.5) is 0 Å². The molecule has 1 amide bonds. The fraction of sp³-hybridized carbons (Fsp3) is 0.909. The van der Waals surface area contributed by atoms with E-state index in [1.807, 2.05) is 4.90 Å². The van der Waals surface area contributed by atoms with Crippen LogP contribution >= 0.6 is 0 Å². The van der Waals surface area contributed by atoms with Gasteiger partial charge in [0, 0.05) is 25.7 Å². The lowest BCUT2D eigenvalue weighted by Crippen LogP contribution is -2.40. The minimum atomic E-state index is -0.251. The van der Waals surface area contributed by atoms with Gasteiger partial charge in [-0.25, -0.2) is 0 Å². The third-order valence-electron chi connectivity index (χ3n) is 3.40. The maximum atomic E-state index is 11.5. The second kappa shape index (κ2) is 5.47. The fourth-order valence-electron chi connectivity index (χ4n) is 1.80. The third-order valence-corrected chi connectivity index (χ3v) is 3.40. The van der Waals surface area contributed by atoms with Gasteiger partial charge in [-0.05, 0) is 26.8 Å². The summed E-state index contributed by atoms with van der Waals surface area (Å²) >= 11 is 0. The van der Waals surface area contributed by atoms with Crippen LogP contribution in [-0.4, -0.2) is 54.5 Å². The van der Waals surface area contributed by atoms with E-state index in [1.165, 1.54) is 0 Å². The van der Waals surface area contributed by atoms with Crippen molar-refractivity contribution >= 4 is 5.91 Å². The Balaban J connectivity index is 2.28. The van der Waals surface area contributed by atoms with E-state index >= 15 is 0 Å². The van der Waals surface area contributed by atoms with Gasteiger partial charge in [-0.1, -0.05) is 6.92 Å². The summed E-state index contributed by atoms with van der Waals surface area (Å²) in [6.07, 6.45) is 1.95. The number of rotatable bonds is 5. The molecule has 0 aliphatic carbocycles. The second-order valence-corrected chi connectivity index (χ2v) is 4.46. The molecule has 1 heterocycles. The van der Waals surface area contributed by atoms with Gasteiger partial charge in [-0.3, -0.25) is 4.79 Å². The molecule has 1 aliphatic rings. The Morgan fingerprint density at radius 2 is 2.33 bits per heavy atom. The Bertz CT molecular complexity index is 220. The highest BCUT2D eigenvalue weighted by molar-refractivity contribution is 5.83. The van der Waals surface area contributed by atoms with Crippen molar-refractivity contribution in [1.29, 1.82) is 0 Å². The molecule has 0 radical (unpaired) electrons. The lowest BCUT2D eigenvalue weighted by Gasteiger charge is -2.26. The molecule has 2 N–H and O–H groups in total. The molecule has 88 valence electrons. The van der Waals surface area contributed by atoms with Crippen molar-refractivity contribution in [1.82, 2.24) is 9.80 Å². The molecule has 4 heteroatoms. The molecule has 1 saturated heterocycles. The normalized spacial score (nSPS) is 23.9. The average molecular weight is 213 g/mol. The topological polar surface area (TPSA) is 49.6 Å². The van der Waals surface area contributed by atoms with Gasteiger partial charge < -0.3 is 15.5 Å². The van der Waals surface area contributed by atoms with E-state index in [0.717, 1.165) is 32.5 Å². The van der Waals surface area contributed by atoms with Gasteiger partial charge >= 0.3 is 0 Å². The van der Waals surface area contributed by atoms with Gasteiger partial charge in [0.1, 0.15) is 0 Å². The predicted octanol–water partition coefficient (Wildman–Crippen LogP) is 0.276. The summed E-state index contributed by atoms with van der Waals surface area (Å²) in [6.45, 7) is 6.96. The van der Waals surface area contributed by atoms with E-state index < -0.39 is 0 Å². The number of nitrogens with zero attached hydrogens (tertiary/aromatic N) is 2.